The van der Waals surface area contributed by atoms with Gasteiger partial charge in [0.1, 0.15) is 17.4 Å². The minimum absolute atomic E-state index is 0.0111. The maximum absolute atomic E-state index is 15.1. The minimum Gasteiger partial charge on any atom is -0.493 e. The second-order valence-corrected chi connectivity index (χ2v) is 12.7. The number of amides is 1. The molecule has 0 bridgehead atoms. The van der Waals surface area contributed by atoms with E-state index in [-0.39, 0.29) is 62.4 Å². The van der Waals surface area contributed by atoms with Crippen molar-refractivity contribution in [1.29, 1.82) is 0 Å². The summed E-state index contributed by atoms with van der Waals surface area (Å²) < 4.78 is 69.1. The summed E-state index contributed by atoms with van der Waals surface area (Å²) in [6.07, 6.45) is 6.13. The number of primary amides is 1. The molecule has 1 heterocycles. The van der Waals surface area contributed by atoms with E-state index in [0.717, 1.165) is 12.2 Å². The van der Waals surface area contributed by atoms with Crippen molar-refractivity contribution in [2.45, 2.75) is 64.1 Å². The van der Waals surface area contributed by atoms with Crippen LogP contribution in [0.5, 0.6) is 0 Å². The zero-order valence-corrected chi connectivity index (χ0v) is 28.0. The molecule has 0 fully saturated rings. The summed E-state index contributed by atoms with van der Waals surface area (Å²) in [6, 6.07) is 9.05. The number of nitrogens with two attached hydrogens (primary N) is 1. The van der Waals surface area contributed by atoms with E-state index in [9.17, 15) is 23.2 Å². The molecular weight excluding hydrogens is 662 g/mol. The number of hydrogen-bond acceptors (Lipinski definition) is 5. The van der Waals surface area contributed by atoms with Crippen molar-refractivity contribution >= 4 is 34.6 Å². The van der Waals surface area contributed by atoms with E-state index in [2.05, 4.69) is 6.58 Å². The molecule has 2 aliphatic rings. The number of alkyl halides is 3. The molecule has 0 spiro atoms. The zero-order chi connectivity index (χ0) is 35.7. The molecule has 262 valence electrons. The molecule has 1 aliphatic heterocycles. The fraction of sp³-hybridized carbons (Fsp3) is 0.395. The van der Waals surface area contributed by atoms with E-state index in [0.29, 0.717) is 45.9 Å². The van der Waals surface area contributed by atoms with Crippen LogP contribution in [0.2, 0.25) is 5.02 Å². The molecule has 11 heteroatoms. The van der Waals surface area contributed by atoms with Gasteiger partial charge in [0.05, 0.1) is 24.7 Å². The Morgan fingerprint density at radius 1 is 1.20 bits per heavy atom. The fourth-order valence-electron chi connectivity index (χ4n) is 6.16. The van der Waals surface area contributed by atoms with Gasteiger partial charge in [-0.05, 0) is 111 Å². The van der Waals surface area contributed by atoms with E-state index >= 15 is 8.78 Å². The van der Waals surface area contributed by atoms with Gasteiger partial charge in [-0.15, -0.1) is 0 Å². The molecule has 49 heavy (non-hydrogen) atoms. The molecule has 1 aliphatic carbocycles. The first-order valence-corrected chi connectivity index (χ1v) is 16.6. The number of fused-ring (bicyclic) bond motifs is 3. The molecule has 6 nitrogen and oxygen atoms in total. The van der Waals surface area contributed by atoms with Gasteiger partial charge >= 0.3 is 0 Å². The molecule has 2 aromatic carbocycles. The largest absolute Gasteiger partial charge is 0.493 e. The summed E-state index contributed by atoms with van der Waals surface area (Å²) in [5.74, 6) is -7.26. The van der Waals surface area contributed by atoms with Crippen molar-refractivity contribution in [3.8, 4) is 0 Å². The van der Waals surface area contributed by atoms with Crippen molar-refractivity contribution in [1.82, 2.24) is 0 Å². The van der Waals surface area contributed by atoms with Gasteiger partial charge in [0.25, 0.3) is 11.8 Å². The lowest BCUT2D eigenvalue weighted by atomic mass is 9.81. The molecule has 0 aromatic heterocycles. The number of ketones is 2. The molecule has 0 saturated carbocycles. The number of carbonyl (C=O) groups is 3. The summed E-state index contributed by atoms with van der Waals surface area (Å²) in [5.41, 5.74) is 7.17. The number of rotatable bonds is 16. The van der Waals surface area contributed by atoms with Gasteiger partial charge in [-0.25, -0.2) is 17.6 Å². The molecule has 0 saturated heterocycles. The molecule has 4 rings (SSSR count). The second-order valence-electron chi connectivity index (χ2n) is 12.3. The fourth-order valence-corrected chi connectivity index (χ4v) is 6.33. The van der Waals surface area contributed by atoms with E-state index < -0.39 is 41.8 Å². The van der Waals surface area contributed by atoms with Gasteiger partial charge in [-0.2, -0.15) is 0 Å². The van der Waals surface area contributed by atoms with Crippen LogP contribution in [0.4, 0.5) is 17.6 Å². The molecule has 0 radical (unpaired) electrons. The SMILES string of the molecule is C=CC(F)OCC[C@H](CCC1C=C2OC[C@H](C(F)(F)/C=C/C)Cc3ccc(Cl)cc3C2=CC1=O)C(=O)CCCc1ccc(C(N)=O)c(F)c1. The second kappa shape index (κ2) is 17.1. The number of aryl methyl sites for hydroxylation is 1. The third kappa shape index (κ3) is 10.0. The maximum atomic E-state index is 15.1. The minimum atomic E-state index is -3.14. The molecular formula is C38H40ClF4NO5. The monoisotopic (exact) mass is 701 g/mol. The number of allylic oxidation sites excluding steroid dienone is 5. The quantitative estimate of drug-likeness (QED) is 0.140. The third-order valence-corrected chi connectivity index (χ3v) is 9.10. The Bertz CT molecular complexity index is 1650. The number of benzene rings is 2. The highest BCUT2D eigenvalue weighted by Gasteiger charge is 2.40. The molecule has 4 atom stereocenters. The number of halogens is 5. The topological polar surface area (TPSA) is 95.7 Å². The van der Waals surface area contributed by atoms with Crippen LogP contribution >= 0.6 is 11.6 Å². The van der Waals surface area contributed by atoms with E-state index in [1.807, 2.05) is 0 Å². The number of carbonyl (C=O) groups excluding carboxylic acids is 3. The summed E-state index contributed by atoms with van der Waals surface area (Å²) >= 11 is 6.29. The van der Waals surface area contributed by atoms with Crippen molar-refractivity contribution in [3.63, 3.8) is 0 Å². The van der Waals surface area contributed by atoms with Crippen LogP contribution in [0.15, 0.2) is 79.1 Å². The Labute approximate surface area is 288 Å². The normalized spacial score (nSPS) is 19.0. The van der Waals surface area contributed by atoms with Crippen LogP contribution in [-0.2, 0) is 31.9 Å². The lowest BCUT2D eigenvalue weighted by Crippen LogP contribution is -2.33. The highest BCUT2D eigenvalue weighted by molar-refractivity contribution is 6.30. The summed E-state index contributed by atoms with van der Waals surface area (Å²) in [5, 5.41) is 0.384. The van der Waals surface area contributed by atoms with Crippen molar-refractivity contribution in [3.05, 3.63) is 112 Å². The van der Waals surface area contributed by atoms with Gasteiger partial charge in [-0.1, -0.05) is 36.4 Å². The van der Waals surface area contributed by atoms with Gasteiger partial charge in [0, 0.05) is 28.9 Å². The molecule has 1 amide bonds. The smallest absolute Gasteiger partial charge is 0.272 e. The van der Waals surface area contributed by atoms with Gasteiger partial charge < -0.3 is 15.2 Å². The highest BCUT2D eigenvalue weighted by atomic mass is 35.5. The molecule has 2 N–H and O–H groups in total. The Balaban J connectivity index is 1.49. The Hall–Kier alpha value is -4.02. The third-order valence-electron chi connectivity index (χ3n) is 8.87. The van der Waals surface area contributed by atoms with E-state index in [1.165, 1.54) is 31.2 Å². The first-order chi connectivity index (χ1) is 23.3. The lowest BCUT2D eigenvalue weighted by molar-refractivity contribution is -0.125. The van der Waals surface area contributed by atoms with E-state index in [4.69, 9.17) is 26.8 Å². The number of ether oxygens (including phenoxy) is 2. The Kier molecular flexibility index (Phi) is 13.2. The van der Waals surface area contributed by atoms with Crippen molar-refractivity contribution in [2.75, 3.05) is 13.2 Å². The predicted octanol–water partition coefficient (Wildman–Crippen LogP) is 8.32. The van der Waals surface area contributed by atoms with Crippen molar-refractivity contribution in [2.24, 2.45) is 23.5 Å². The molecule has 2 aromatic rings. The summed E-state index contributed by atoms with van der Waals surface area (Å²) in [7, 11) is 0. The van der Waals surface area contributed by atoms with Crippen LogP contribution in [0, 0.1) is 23.6 Å². The average molecular weight is 702 g/mol. The van der Waals surface area contributed by atoms with Gasteiger partial charge in [-0.3, -0.25) is 14.4 Å². The van der Waals surface area contributed by atoms with E-state index in [1.54, 1.807) is 30.3 Å². The Morgan fingerprint density at radius 2 is 1.98 bits per heavy atom. The van der Waals surface area contributed by atoms with Crippen LogP contribution in [-0.4, -0.2) is 43.0 Å². The van der Waals surface area contributed by atoms with Crippen LogP contribution in [0.1, 0.15) is 66.1 Å². The first kappa shape index (κ1) is 37.8. The summed E-state index contributed by atoms with van der Waals surface area (Å²) in [6.45, 7) is 4.53. The van der Waals surface area contributed by atoms with Crippen molar-refractivity contribution < 1.29 is 41.4 Å². The number of Topliss-reactive ketones (excluding diaryl/α,β-unsaturated/α-hetero) is 1. The molecule has 2 unspecified atom stereocenters. The van der Waals surface area contributed by atoms with Crippen LogP contribution in [0.25, 0.3) is 5.57 Å². The lowest BCUT2D eigenvalue weighted by Gasteiger charge is -2.31. The predicted molar refractivity (Wildman–Crippen MR) is 180 cm³/mol. The van der Waals surface area contributed by atoms with Crippen LogP contribution in [0.3, 0.4) is 0 Å². The highest BCUT2D eigenvalue weighted by Crippen LogP contribution is 2.41. The van der Waals surface area contributed by atoms with Gasteiger partial charge in [0.15, 0.2) is 5.78 Å². The zero-order valence-electron chi connectivity index (χ0n) is 27.2. The maximum Gasteiger partial charge on any atom is 0.272 e. The summed E-state index contributed by atoms with van der Waals surface area (Å²) in [4.78, 5) is 38.1. The van der Waals surface area contributed by atoms with Crippen LogP contribution < -0.4 is 5.73 Å². The standard InChI is InChI=1S/C38H40ClF4NO5/c1-3-15-38(42,43)27-18-25-11-12-28(39)20-30(25)31-21-34(46)26(19-35(31)49-22-27)10-9-24(14-16-48-36(41)4-2)33(45)7-5-6-23-8-13-29(37(44)47)32(40)17-23/h3-4,8,11-13,15,17,19-21,24,26-27,36H,2,5-7,9-10,14,16,18,22H2,1H3,(H2,44,47)/b15-3+/t24-,26?,27+,36?/m0/s1. The van der Waals surface area contributed by atoms with Gasteiger partial charge in [0.2, 0.25) is 6.36 Å². The Morgan fingerprint density at radius 3 is 2.67 bits per heavy atom. The average Bonchev–Trinajstić information content (AvgIpc) is 3.04. The first-order valence-electron chi connectivity index (χ1n) is 16.2. The number of hydrogen-bond donors (Lipinski definition) is 1.